The van der Waals surface area contributed by atoms with Crippen molar-refractivity contribution in [1.82, 2.24) is 0 Å². The van der Waals surface area contributed by atoms with E-state index >= 15 is 0 Å². The lowest BCUT2D eigenvalue weighted by atomic mass is 9.92. The van der Waals surface area contributed by atoms with Gasteiger partial charge in [0.2, 0.25) is 0 Å². The van der Waals surface area contributed by atoms with Gasteiger partial charge in [0.05, 0.1) is 13.2 Å². The third kappa shape index (κ3) is 5.25. The average molecular weight is 525 g/mol. The van der Waals surface area contributed by atoms with Crippen LogP contribution in [0.5, 0.6) is 0 Å². The number of aliphatic hydroxyl groups excluding tert-OH is 3. The van der Waals surface area contributed by atoms with Crippen LogP contribution in [-0.2, 0) is 18.7 Å². The average Bonchev–Trinajstić information content (AvgIpc) is 2.84. The van der Waals surface area contributed by atoms with Gasteiger partial charge in [0.15, 0.2) is 6.10 Å². The highest BCUT2D eigenvalue weighted by atomic mass is 28.4. The third-order valence-electron chi connectivity index (χ3n) is 6.50. The molecule has 0 unspecified atom stereocenters. The first-order valence-electron chi connectivity index (χ1n) is 11.9. The zero-order valence-corrected chi connectivity index (χ0v) is 21.8. The molecule has 0 amide bonds. The van der Waals surface area contributed by atoms with Crippen LogP contribution in [0.3, 0.4) is 0 Å². The van der Waals surface area contributed by atoms with E-state index in [4.69, 9.17) is 9.16 Å². The van der Waals surface area contributed by atoms with Crippen LogP contribution in [0.1, 0.15) is 27.7 Å². The minimum absolute atomic E-state index is 0.303. The van der Waals surface area contributed by atoms with Crippen molar-refractivity contribution in [2.24, 2.45) is 0 Å². The molecule has 1 saturated heterocycles. The predicted molar refractivity (Wildman–Crippen MR) is 132 cm³/mol. The van der Waals surface area contributed by atoms with E-state index in [0.717, 1.165) is 10.4 Å². The number of rotatable bonds is 8. The van der Waals surface area contributed by atoms with Gasteiger partial charge in [-0.25, -0.2) is 4.79 Å². The standard InChI is InChI=1S/C26H34F2O7Si/c1-5-33-24(32)26(27,28)23-22(31)21(30)20(29)19(35-23)16-34-36(25(2,3)4,17-12-8-6-9-13-17)18-14-10-7-11-15-18/h6-15,19-23,29-31H,5,16H2,1-4H3/t19-,20-,21-,22-,23-/m1/s1. The summed E-state index contributed by atoms with van der Waals surface area (Å²) < 4.78 is 46.1. The molecular weight excluding hydrogens is 490 g/mol. The molecule has 1 heterocycles. The molecule has 3 rings (SSSR count). The van der Waals surface area contributed by atoms with Crippen molar-refractivity contribution in [3.63, 3.8) is 0 Å². The van der Waals surface area contributed by atoms with Gasteiger partial charge in [-0.05, 0) is 22.3 Å². The van der Waals surface area contributed by atoms with E-state index < -0.39 is 55.8 Å². The number of halogens is 2. The summed E-state index contributed by atoms with van der Waals surface area (Å²) in [6.07, 6.45) is -9.81. The van der Waals surface area contributed by atoms with Crippen LogP contribution < -0.4 is 10.4 Å². The summed E-state index contributed by atoms with van der Waals surface area (Å²) in [7, 11) is -3.12. The summed E-state index contributed by atoms with van der Waals surface area (Å²) in [4.78, 5) is 11.9. The lowest BCUT2D eigenvalue weighted by Gasteiger charge is -2.46. The summed E-state index contributed by atoms with van der Waals surface area (Å²) >= 11 is 0. The van der Waals surface area contributed by atoms with E-state index in [-0.39, 0.29) is 13.2 Å². The first-order valence-corrected chi connectivity index (χ1v) is 13.8. The minimum Gasteiger partial charge on any atom is -0.461 e. The SMILES string of the molecule is CCOC(=O)C(F)(F)[C@@H]1O[C@H](CO[Si](c2ccccc2)(c2ccccc2)C(C)(C)C)[C@@H](O)[C@@H](O)[C@H]1O. The number of ether oxygens (including phenoxy) is 2. The molecule has 7 nitrogen and oxygen atoms in total. The summed E-state index contributed by atoms with van der Waals surface area (Å²) in [6.45, 7) is 6.76. The van der Waals surface area contributed by atoms with Crippen LogP contribution in [0.2, 0.25) is 5.04 Å². The summed E-state index contributed by atoms with van der Waals surface area (Å²) in [5, 5.41) is 32.6. The van der Waals surface area contributed by atoms with Crippen molar-refractivity contribution < 1.29 is 42.8 Å². The lowest BCUT2D eigenvalue weighted by Crippen LogP contribution is -2.69. The normalized spacial score (nSPS) is 25.4. The second-order valence-electron chi connectivity index (χ2n) is 9.88. The molecule has 0 radical (unpaired) electrons. The highest BCUT2D eigenvalue weighted by Gasteiger charge is 2.60. The van der Waals surface area contributed by atoms with Crippen molar-refractivity contribution in [2.45, 2.75) is 69.2 Å². The van der Waals surface area contributed by atoms with Gasteiger partial charge >= 0.3 is 11.9 Å². The fourth-order valence-corrected chi connectivity index (χ4v) is 9.27. The Bertz CT molecular complexity index is 961. The third-order valence-corrected chi connectivity index (χ3v) is 11.5. The number of hydrogen-bond donors (Lipinski definition) is 3. The maximum Gasteiger partial charge on any atom is 0.379 e. The molecule has 1 aliphatic heterocycles. The molecule has 0 bridgehead atoms. The van der Waals surface area contributed by atoms with Crippen molar-refractivity contribution in [3.05, 3.63) is 60.7 Å². The van der Waals surface area contributed by atoms with Crippen LogP contribution in [0.25, 0.3) is 0 Å². The monoisotopic (exact) mass is 524 g/mol. The van der Waals surface area contributed by atoms with E-state index in [1.807, 2.05) is 81.4 Å². The molecule has 5 atom stereocenters. The summed E-state index contributed by atoms with van der Waals surface area (Å²) in [6, 6.07) is 19.1. The van der Waals surface area contributed by atoms with Gasteiger partial charge in [-0.1, -0.05) is 81.4 Å². The second kappa shape index (κ2) is 11.0. The molecule has 0 aromatic heterocycles. The molecule has 0 aliphatic carbocycles. The van der Waals surface area contributed by atoms with Crippen molar-refractivity contribution in [1.29, 1.82) is 0 Å². The topological polar surface area (TPSA) is 105 Å². The molecule has 2 aromatic rings. The van der Waals surface area contributed by atoms with Gasteiger partial charge in [0, 0.05) is 0 Å². The van der Waals surface area contributed by atoms with Crippen LogP contribution in [0.4, 0.5) is 8.78 Å². The number of hydrogen-bond acceptors (Lipinski definition) is 7. The molecule has 36 heavy (non-hydrogen) atoms. The Hall–Kier alpha value is -2.21. The highest BCUT2D eigenvalue weighted by molar-refractivity contribution is 6.99. The molecule has 3 N–H and O–H groups in total. The van der Waals surface area contributed by atoms with E-state index in [1.165, 1.54) is 6.92 Å². The molecule has 0 spiro atoms. The fourth-order valence-electron chi connectivity index (χ4n) is 4.70. The largest absolute Gasteiger partial charge is 0.461 e. The molecule has 1 aliphatic rings. The van der Waals surface area contributed by atoms with E-state index in [1.54, 1.807) is 0 Å². The lowest BCUT2D eigenvalue weighted by molar-refractivity contribution is -0.279. The van der Waals surface area contributed by atoms with Crippen LogP contribution in [-0.4, -0.2) is 79.3 Å². The van der Waals surface area contributed by atoms with Crippen molar-refractivity contribution in [2.75, 3.05) is 13.2 Å². The number of carbonyl (C=O) groups excluding carboxylic acids is 1. The number of benzene rings is 2. The zero-order chi connectivity index (χ0) is 26.7. The first kappa shape index (κ1) is 28.4. The summed E-state index contributed by atoms with van der Waals surface area (Å²) in [5.74, 6) is -6.14. The molecule has 2 aromatic carbocycles. The van der Waals surface area contributed by atoms with Gasteiger partial charge < -0.3 is 29.2 Å². The van der Waals surface area contributed by atoms with Gasteiger partial charge in [-0.3, -0.25) is 0 Å². The van der Waals surface area contributed by atoms with E-state index in [9.17, 15) is 28.9 Å². The molecular formula is C26H34F2O7Si. The Kier molecular flexibility index (Phi) is 8.69. The zero-order valence-electron chi connectivity index (χ0n) is 20.8. The predicted octanol–water partition coefficient (Wildman–Crippen LogP) is 1.61. The smallest absolute Gasteiger partial charge is 0.379 e. The number of alkyl halides is 2. The molecule has 198 valence electrons. The van der Waals surface area contributed by atoms with Crippen LogP contribution in [0, 0.1) is 0 Å². The Labute approximate surface area is 210 Å². The van der Waals surface area contributed by atoms with Gasteiger partial charge in [-0.15, -0.1) is 0 Å². The molecule has 0 saturated carbocycles. The Balaban J connectivity index is 1.99. The van der Waals surface area contributed by atoms with E-state index in [2.05, 4.69) is 4.74 Å². The molecule has 10 heteroatoms. The second-order valence-corrected chi connectivity index (χ2v) is 14.2. The summed E-state index contributed by atoms with van der Waals surface area (Å²) in [5.41, 5.74) is 0. The first-order chi connectivity index (χ1) is 16.9. The van der Waals surface area contributed by atoms with E-state index in [0.29, 0.717) is 0 Å². The van der Waals surface area contributed by atoms with Crippen molar-refractivity contribution >= 4 is 24.7 Å². The maximum atomic E-state index is 14.8. The highest BCUT2D eigenvalue weighted by Crippen LogP contribution is 2.38. The van der Waals surface area contributed by atoms with Crippen LogP contribution in [0.15, 0.2) is 60.7 Å². The number of esters is 1. The van der Waals surface area contributed by atoms with Gasteiger partial charge in [0.25, 0.3) is 8.32 Å². The quantitative estimate of drug-likeness (QED) is 0.356. The van der Waals surface area contributed by atoms with Crippen molar-refractivity contribution in [3.8, 4) is 0 Å². The Morgan fingerprint density at radius 2 is 1.42 bits per heavy atom. The van der Waals surface area contributed by atoms with Gasteiger partial charge in [-0.2, -0.15) is 8.78 Å². The minimum atomic E-state index is -4.26. The fraction of sp³-hybridized carbons (Fsp3) is 0.500. The van der Waals surface area contributed by atoms with Crippen LogP contribution >= 0.6 is 0 Å². The number of carbonyl (C=O) groups is 1. The maximum absolute atomic E-state index is 14.8. The Morgan fingerprint density at radius 1 is 0.917 bits per heavy atom. The molecule has 1 fully saturated rings. The van der Waals surface area contributed by atoms with Gasteiger partial charge in [0.1, 0.15) is 24.4 Å². The Morgan fingerprint density at radius 3 is 1.86 bits per heavy atom. The number of aliphatic hydroxyl groups is 3.